The molecule has 2 aromatic rings. The van der Waals surface area contributed by atoms with Crippen LogP contribution in [0.5, 0.6) is 0 Å². The lowest BCUT2D eigenvalue weighted by Crippen LogP contribution is -2.35. The highest BCUT2D eigenvalue weighted by Crippen LogP contribution is 2.24. The number of nitrogens with zero attached hydrogens (tertiary/aromatic N) is 2. The number of guanidine groups is 1. The molecule has 0 spiro atoms. The predicted octanol–water partition coefficient (Wildman–Crippen LogP) is 1.63. The molecule has 0 saturated carbocycles. The van der Waals surface area contributed by atoms with Gasteiger partial charge in [0.1, 0.15) is 6.04 Å². The van der Waals surface area contributed by atoms with Gasteiger partial charge in [-0.25, -0.2) is 4.99 Å². The van der Waals surface area contributed by atoms with Crippen molar-refractivity contribution in [3.8, 4) is 0 Å². The third-order valence-electron chi connectivity index (χ3n) is 3.39. The molecule has 3 N–H and O–H groups in total. The molecule has 19 heavy (non-hydrogen) atoms. The van der Waals surface area contributed by atoms with Gasteiger partial charge in [0.05, 0.1) is 0 Å². The van der Waals surface area contributed by atoms with Gasteiger partial charge in [-0.05, 0) is 17.7 Å². The predicted molar refractivity (Wildman–Crippen MR) is 77.9 cm³/mol. The number of aromatic nitrogens is 1. The fourth-order valence-electron chi connectivity index (χ4n) is 2.31. The summed E-state index contributed by atoms with van der Waals surface area (Å²) in [5.41, 5.74) is 7.78. The van der Waals surface area contributed by atoms with Crippen LogP contribution in [0.25, 0.3) is 10.9 Å². The molecule has 0 aliphatic carbocycles. The summed E-state index contributed by atoms with van der Waals surface area (Å²) >= 11 is 3.44. The highest BCUT2D eigenvalue weighted by molar-refractivity contribution is 9.10. The van der Waals surface area contributed by atoms with Crippen molar-refractivity contribution < 1.29 is 4.79 Å². The number of halogens is 1. The monoisotopic (exact) mass is 320 g/mol. The van der Waals surface area contributed by atoms with E-state index < -0.39 is 6.04 Å². The molecule has 1 aromatic heterocycles. The number of carbonyl (C=O) groups excluding carboxylic acids is 1. The van der Waals surface area contributed by atoms with E-state index in [0.29, 0.717) is 6.42 Å². The van der Waals surface area contributed by atoms with Gasteiger partial charge < -0.3 is 10.7 Å². The number of benzene rings is 1. The Balaban J connectivity index is 1.92. The van der Waals surface area contributed by atoms with E-state index in [4.69, 9.17) is 5.73 Å². The van der Waals surface area contributed by atoms with Crippen molar-refractivity contribution in [3.63, 3.8) is 0 Å². The third-order valence-corrected chi connectivity index (χ3v) is 3.88. The first kappa shape index (κ1) is 12.2. The molecule has 0 radical (unpaired) electrons. The van der Waals surface area contributed by atoms with E-state index in [9.17, 15) is 4.79 Å². The highest BCUT2D eigenvalue weighted by Gasteiger charge is 2.30. The van der Waals surface area contributed by atoms with Crippen LogP contribution in [-0.2, 0) is 11.2 Å². The molecule has 0 saturated heterocycles. The van der Waals surface area contributed by atoms with E-state index in [1.807, 2.05) is 24.4 Å². The van der Waals surface area contributed by atoms with Crippen molar-refractivity contribution in [1.29, 1.82) is 0 Å². The number of aromatic amines is 1. The summed E-state index contributed by atoms with van der Waals surface area (Å²) in [5.74, 6) is 0.238. The zero-order valence-corrected chi connectivity index (χ0v) is 11.9. The van der Waals surface area contributed by atoms with Crippen LogP contribution >= 0.6 is 15.9 Å². The Bertz CT molecular complexity index is 691. The molecule has 1 aliphatic rings. The summed E-state index contributed by atoms with van der Waals surface area (Å²) in [5, 5.41) is 1.11. The van der Waals surface area contributed by atoms with Crippen molar-refractivity contribution in [3.05, 3.63) is 34.4 Å². The van der Waals surface area contributed by atoms with Crippen LogP contribution in [0.1, 0.15) is 5.56 Å². The van der Waals surface area contributed by atoms with Gasteiger partial charge in [0.25, 0.3) is 5.91 Å². The second-order valence-electron chi connectivity index (χ2n) is 4.61. The van der Waals surface area contributed by atoms with Crippen LogP contribution in [0, 0.1) is 0 Å². The number of amides is 1. The number of aliphatic imine (C=N–C) groups is 1. The van der Waals surface area contributed by atoms with Crippen LogP contribution in [0.15, 0.2) is 33.9 Å². The molecule has 6 heteroatoms. The van der Waals surface area contributed by atoms with Gasteiger partial charge in [0, 0.05) is 35.0 Å². The number of nitrogens with one attached hydrogen (secondary N) is 1. The average Bonchev–Trinajstić information content (AvgIpc) is 2.87. The number of nitrogens with two attached hydrogens (primary N) is 1. The second-order valence-corrected chi connectivity index (χ2v) is 5.52. The molecule has 1 aromatic carbocycles. The molecule has 1 amide bonds. The van der Waals surface area contributed by atoms with E-state index in [1.54, 1.807) is 7.05 Å². The Kier molecular flexibility index (Phi) is 2.82. The molecule has 98 valence electrons. The summed E-state index contributed by atoms with van der Waals surface area (Å²) in [6.45, 7) is 0. The van der Waals surface area contributed by atoms with Crippen LogP contribution in [0.2, 0.25) is 0 Å². The number of H-pyrrole nitrogens is 1. The van der Waals surface area contributed by atoms with Gasteiger partial charge in [-0.1, -0.05) is 22.0 Å². The molecule has 0 bridgehead atoms. The number of fused-ring (bicyclic) bond motifs is 1. The molecule has 3 rings (SSSR count). The van der Waals surface area contributed by atoms with Crippen molar-refractivity contribution in [2.24, 2.45) is 10.7 Å². The Morgan fingerprint density at radius 3 is 3.00 bits per heavy atom. The molecule has 1 atom stereocenters. The van der Waals surface area contributed by atoms with Gasteiger partial charge >= 0.3 is 0 Å². The smallest absolute Gasteiger partial charge is 0.254 e. The molecule has 0 unspecified atom stereocenters. The molecule has 0 fully saturated rings. The largest absolute Gasteiger partial charge is 0.369 e. The zero-order valence-electron chi connectivity index (χ0n) is 10.4. The van der Waals surface area contributed by atoms with Crippen molar-refractivity contribution in [2.75, 3.05) is 7.05 Å². The number of hydrogen-bond donors (Lipinski definition) is 2. The molecule has 2 heterocycles. The number of likely N-dealkylation sites (N-methyl/N-ethyl adjacent to an activating group) is 1. The number of carbonyl (C=O) groups is 1. The zero-order chi connectivity index (χ0) is 13.6. The minimum Gasteiger partial charge on any atom is -0.369 e. The standard InChI is InChI=1S/C13H13BrN4O/c1-18-12(19)11(17-13(18)15)4-7-6-16-10-5-8(14)2-3-9(7)10/h2-3,5-6,11,16H,4H2,1H3,(H2,15,17)/t11-/m1/s1. The van der Waals surface area contributed by atoms with Gasteiger partial charge in [0.2, 0.25) is 0 Å². The summed E-state index contributed by atoms with van der Waals surface area (Å²) in [6, 6.07) is 5.62. The van der Waals surface area contributed by atoms with E-state index in [-0.39, 0.29) is 11.9 Å². The van der Waals surface area contributed by atoms with Crippen LogP contribution in [0.3, 0.4) is 0 Å². The van der Waals surface area contributed by atoms with Crippen LogP contribution in [0.4, 0.5) is 0 Å². The fourth-order valence-corrected chi connectivity index (χ4v) is 2.67. The van der Waals surface area contributed by atoms with Crippen LogP contribution < -0.4 is 5.73 Å². The molecular formula is C13H13BrN4O. The first-order chi connectivity index (χ1) is 9.06. The quantitative estimate of drug-likeness (QED) is 0.882. The van der Waals surface area contributed by atoms with Gasteiger partial charge in [0.15, 0.2) is 5.96 Å². The van der Waals surface area contributed by atoms with Gasteiger partial charge in [-0.2, -0.15) is 0 Å². The lowest BCUT2D eigenvalue weighted by atomic mass is 10.1. The lowest BCUT2D eigenvalue weighted by Gasteiger charge is -2.09. The topological polar surface area (TPSA) is 74.5 Å². The average molecular weight is 321 g/mol. The molecular weight excluding hydrogens is 308 g/mol. The Hall–Kier alpha value is -1.82. The number of hydrogen-bond acceptors (Lipinski definition) is 3. The van der Waals surface area contributed by atoms with E-state index in [2.05, 4.69) is 25.9 Å². The van der Waals surface area contributed by atoms with E-state index in [0.717, 1.165) is 20.9 Å². The van der Waals surface area contributed by atoms with E-state index in [1.165, 1.54) is 4.90 Å². The van der Waals surface area contributed by atoms with E-state index >= 15 is 0 Å². The summed E-state index contributed by atoms with van der Waals surface area (Å²) in [7, 11) is 1.65. The van der Waals surface area contributed by atoms with Gasteiger partial charge in [-0.15, -0.1) is 0 Å². The van der Waals surface area contributed by atoms with Crippen molar-refractivity contribution in [1.82, 2.24) is 9.88 Å². The third kappa shape index (κ3) is 2.02. The Morgan fingerprint density at radius 1 is 1.53 bits per heavy atom. The fraction of sp³-hybridized carbons (Fsp3) is 0.231. The lowest BCUT2D eigenvalue weighted by molar-refractivity contribution is -0.126. The first-order valence-corrected chi connectivity index (χ1v) is 6.72. The second kappa shape index (κ2) is 4.38. The summed E-state index contributed by atoms with van der Waals surface area (Å²) < 4.78 is 1.02. The van der Waals surface area contributed by atoms with Crippen molar-refractivity contribution in [2.45, 2.75) is 12.5 Å². The molecule has 5 nitrogen and oxygen atoms in total. The molecule has 1 aliphatic heterocycles. The minimum atomic E-state index is -0.410. The van der Waals surface area contributed by atoms with Crippen LogP contribution in [-0.4, -0.2) is 34.8 Å². The maximum atomic E-state index is 11.9. The number of rotatable bonds is 2. The summed E-state index contributed by atoms with van der Waals surface area (Å²) in [4.78, 5) is 20.7. The first-order valence-electron chi connectivity index (χ1n) is 5.92. The SMILES string of the molecule is CN1C(=O)[C@@H](Cc2c[nH]c3cc(Br)ccc23)N=C1N. The van der Waals surface area contributed by atoms with Gasteiger partial charge in [-0.3, -0.25) is 9.69 Å². The maximum absolute atomic E-state index is 11.9. The Labute approximate surface area is 118 Å². The van der Waals surface area contributed by atoms with Crippen molar-refractivity contribution >= 4 is 38.7 Å². The summed E-state index contributed by atoms with van der Waals surface area (Å²) in [6.07, 6.45) is 2.49. The Morgan fingerprint density at radius 2 is 2.32 bits per heavy atom. The minimum absolute atomic E-state index is 0.0519. The normalized spacial score (nSPS) is 19.3. The highest BCUT2D eigenvalue weighted by atomic mass is 79.9. The maximum Gasteiger partial charge on any atom is 0.254 e.